The fourth-order valence-corrected chi connectivity index (χ4v) is 1.19. The van der Waals surface area contributed by atoms with Crippen LogP contribution in [0.2, 0.25) is 0 Å². The zero-order chi connectivity index (χ0) is 9.84. The maximum absolute atomic E-state index is 11.4. The van der Waals surface area contributed by atoms with Crippen LogP contribution in [0.5, 0.6) is 0 Å². The number of nitrogens with two attached hydrogens (primary N) is 1. The highest BCUT2D eigenvalue weighted by atomic mass is 16.2. The van der Waals surface area contributed by atoms with Crippen molar-refractivity contribution in [2.45, 2.75) is 18.9 Å². The molecule has 1 rings (SSSR count). The van der Waals surface area contributed by atoms with Gasteiger partial charge >= 0.3 is 0 Å². The number of rotatable bonds is 5. The standard InChI is InChI=1S/C9H19N3O/c1-12(2)6-5-11-9(13)8(10)7-3-4-7/h7-8H,3-6,10H2,1-2H3,(H,11,13)/t8-/m0/s1. The van der Waals surface area contributed by atoms with E-state index in [4.69, 9.17) is 5.73 Å². The molecular formula is C9H19N3O. The summed E-state index contributed by atoms with van der Waals surface area (Å²) in [6, 6.07) is -0.276. The van der Waals surface area contributed by atoms with Crippen LogP contribution in [0.4, 0.5) is 0 Å². The maximum Gasteiger partial charge on any atom is 0.237 e. The Morgan fingerprint density at radius 1 is 1.62 bits per heavy atom. The number of hydrogen-bond acceptors (Lipinski definition) is 3. The van der Waals surface area contributed by atoms with Gasteiger partial charge in [-0.25, -0.2) is 0 Å². The van der Waals surface area contributed by atoms with Gasteiger partial charge in [-0.2, -0.15) is 0 Å². The monoisotopic (exact) mass is 185 g/mol. The number of hydrogen-bond donors (Lipinski definition) is 2. The van der Waals surface area contributed by atoms with Crippen LogP contribution < -0.4 is 11.1 Å². The summed E-state index contributed by atoms with van der Waals surface area (Å²) in [7, 11) is 3.96. The Morgan fingerprint density at radius 2 is 2.23 bits per heavy atom. The van der Waals surface area contributed by atoms with Crippen LogP contribution in [0, 0.1) is 5.92 Å². The lowest BCUT2D eigenvalue weighted by Crippen LogP contribution is -2.44. The molecule has 13 heavy (non-hydrogen) atoms. The summed E-state index contributed by atoms with van der Waals surface area (Å²) < 4.78 is 0. The summed E-state index contributed by atoms with van der Waals surface area (Å²) in [5.74, 6) is 0.448. The highest BCUT2D eigenvalue weighted by Gasteiger charge is 2.32. The number of carbonyl (C=O) groups excluding carboxylic acids is 1. The Bertz CT molecular complexity index is 178. The number of carbonyl (C=O) groups is 1. The van der Waals surface area contributed by atoms with Gasteiger partial charge in [0.2, 0.25) is 5.91 Å². The van der Waals surface area contributed by atoms with Gasteiger partial charge in [-0.05, 0) is 32.9 Å². The number of nitrogens with zero attached hydrogens (tertiary/aromatic N) is 1. The third-order valence-electron chi connectivity index (χ3n) is 2.29. The summed E-state index contributed by atoms with van der Waals surface area (Å²) in [5.41, 5.74) is 5.71. The number of amides is 1. The third kappa shape index (κ3) is 3.74. The molecule has 0 aliphatic heterocycles. The van der Waals surface area contributed by atoms with E-state index in [9.17, 15) is 4.79 Å². The average Bonchev–Trinajstić information content (AvgIpc) is 2.84. The van der Waals surface area contributed by atoms with Gasteiger partial charge < -0.3 is 16.0 Å². The first-order valence-corrected chi connectivity index (χ1v) is 4.79. The predicted octanol–water partition coefficient (Wildman–Crippen LogP) is -0.598. The van der Waals surface area contributed by atoms with Crippen molar-refractivity contribution in [3.63, 3.8) is 0 Å². The van der Waals surface area contributed by atoms with Gasteiger partial charge in [-0.15, -0.1) is 0 Å². The van der Waals surface area contributed by atoms with Crippen LogP contribution in [0.3, 0.4) is 0 Å². The Morgan fingerprint density at radius 3 is 2.69 bits per heavy atom. The van der Waals surface area contributed by atoms with Crippen molar-refractivity contribution in [3.8, 4) is 0 Å². The van der Waals surface area contributed by atoms with Gasteiger partial charge in [0.1, 0.15) is 0 Å². The smallest absolute Gasteiger partial charge is 0.237 e. The molecule has 0 saturated heterocycles. The van der Waals surface area contributed by atoms with Crippen molar-refractivity contribution in [1.82, 2.24) is 10.2 Å². The molecule has 1 amide bonds. The summed E-state index contributed by atoms with van der Waals surface area (Å²) in [5, 5.41) is 2.83. The lowest BCUT2D eigenvalue weighted by molar-refractivity contribution is -0.122. The largest absolute Gasteiger partial charge is 0.353 e. The molecule has 0 aromatic heterocycles. The van der Waals surface area contributed by atoms with E-state index >= 15 is 0 Å². The molecule has 0 aromatic carbocycles. The molecule has 1 saturated carbocycles. The Kier molecular flexibility index (Phi) is 3.69. The molecule has 1 fully saturated rings. The van der Waals surface area contributed by atoms with Crippen molar-refractivity contribution >= 4 is 5.91 Å². The minimum Gasteiger partial charge on any atom is -0.353 e. The molecule has 0 radical (unpaired) electrons. The van der Waals surface area contributed by atoms with Crippen LogP contribution in [0.25, 0.3) is 0 Å². The molecule has 4 nitrogen and oxygen atoms in total. The number of likely N-dealkylation sites (N-methyl/N-ethyl adjacent to an activating group) is 1. The van der Waals surface area contributed by atoms with Crippen LogP contribution in [0.15, 0.2) is 0 Å². The SMILES string of the molecule is CN(C)CCNC(=O)[C@@H](N)C1CC1. The molecule has 76 valence electrons. The van der Waals surface area contributed by atoms with Crippen molar-refractivity contribution in [2.24, 2.45) is 11.7 Å². The normalized spacial score (nSPS) is 18.8. The summed E-state index contributed by atoms with van der Waals surface area (Å²) in [6.07, 6.45) is 2.23. The lowest BCUT2D eigenvalue weighted by Gasteiger charge is -2.13. The topological polar surface area (TPSA) is 58.4 Å². The summed E-state index contributed by atoms with van der Waals surface area (Å²) in [6.45, 7) is 1.55. The highest BCUT2D eigenvalue weighted by molar-refractivity contribution is 5.82. The molecule has 1 atom stereocenters. The molecule has 0 heterocycles. The van der Waals surface area contributed by atoms with E-state index in [1.165, 1.54) is 0 Å². The Hall–Kier alpha value is -0.610. The molecule has 0 spiro atoms. The van der Waals surface area contributed by atoms with E-state index in [-0.39, 0.29) is 11.9 Å². The van der Waals surface area contributed by atoms with Gasteiger partial charge in [-0.1, -0.05) is 0 Å². The Labute approximate surface area is 79.5 Å². The van der Waals surface area contributed by atoms with Gasteiger partial charge in [0.05, 0.1) is 6.04 Å². The van der Waals surface area contributed by atoms with Crippen molar-refractivity contribution in [3.05, 3.63) is 0 Å². The molecule has 0 unspecified atom stereocenters. The van der Waals surface area contributed by atoms with Gasteiger partial charge in [0.25, 0.3) is 0 Å². The molecular weight excluding hydrogens is 166 g/mol. The lowest BCUT2D eigenvalue weighted by atomic mass is 10.2. The van der Waals surface area contributed by atoms with Crippen LogP contribution in [-0.2, 0) is 4.79 Å². The maximum atomic E-state index is 11.4. The minimum absolute atomic E-state index is 0.00403. The molecule has 3 N–H and O–H groups in total. The first-order chi connectivity index (χ1) is 6.11. The quantitative estimate of drug-likeness (QED) is 0.601. The Balaban J connectivity index is 2.09. The molecule has 1 aliphatic rings. The van der Waals surface area contributed by atoms with Crippen molar-refractivity contribution < 1.29 is 4.79 Å². The van der Waals surface area contributed by atoms with Crippen LogP contribution in [-0.4, -0.2) is 44.0 Å². The van der Waals surface area contributed by atoms with E-state index in [0.717, 1.165) is 19.4 Å². The van der Waals surface area contributed by atoms with Crippen LogP contribution in [0.1, 0.15) is 12.8 Å². The fraction of sp³-hybridized carbons (Fsp3) is 0.889. The molecule has 0 bridgehead atoms. The van der Waals surface area contributed by atoms with Crippen LogP contribution >= 0.6 is 0 Å². The minimum atomic E-state index is -0.276. The zero-order valence-corrected chi connectivity index (χ0v) is 8.42. The van der Waals surface area contributed by atoms with Gasteiger partial charge in [0, 0.05) is 13.1 Å². The van der Waals surface area contributed by atoms with Crippen molar-refractivity contribution in [1.29, 1.82) is 0 Å². The second kappa shape index (κ2) is 4.58. The third-order valence-corrected chi connectivity index (χ3v) is 2.29. The first-order valence-electron chi connectivity index (χ1n) is 4.79. The zero-order valence-electron chi connectivity index (χ0n) is 8.42. The van der Waals surface area contributed by atoms with E-state index in [0.29, 0.717) is 12.5 Å². The summed E-state index contributed by atoms with van der Waals surface area (Å²) in [4.78, 5) is 13.4. The van der Waals surface area contributed by atoms with Gasteiger partial charge in [0.15, 0.2) is 0 Å². The van der Waals surface area contributed by atoms with Crippen molar-refractivity contribution in [2.75, 3.05) is 27.2 Å². The second-order valence-electron chi connectivity index (χ2n) is 3.96. The van der Waals surface area contributed by atoms with E-state index in [1.54, 1.807) is 0 Å². The predicted molar refractivity (Wildman–Crippen MR) is 52.3 cm³/mol. The van der Waals surface area contributed by atoms with E-state index in [2.05, 4.69) is 5.32 Å². The highest BCUT2D eigenvalue weighted by Crippen LogP contribution is 2.31. The van der Waals surface area contributed by atoms with Gasteiger partial charge in [-0.3, -0.25) is 4.79 Å². The first kappa shape index (κ1) is 10.5. The summed E-state index contributed by atoms with van der Waals surface area (Å²) >= 11 is 0. The fourth-order valence-electron chi connectivity index (χ4n) is 1.19. The second-order valence-corrected chi connectivity index (χ2v) is 3.96. The van der Waals surface area contributed by atoms with E-state index in [1.807, 2.05) is 19.0 Å². The van der Waals surface area contributed by atoms with E-state index < -0.39 is 0 Å². The number of nitrogens with one attached hydrogen (secondary N) is 1. The molecule has 4 heteroatoms. The molecule has 1 aliphatic carbocycles. The molecule has 0 aromatic rings. The average molecular weight is 185 g/mol.